The molecule has 1 aromatic carbocycles. The minimum atomic E-state index is 0.296. The Kier molecular flexibility index (Phi) is 4.14. The van der Waals surface area contributed by atoms with Gasteiger partial charge in [-0.15, -0.1) is 0 Å². The van der Waals surface area contributed by atoms with E-state index >= 15 is 0 Å². The number of halogens is 1. The van der Waals surface area contributed by atoms with Crippen LogP contribution in [-0.2, 0) is 0 Å². The summed E-state index contributed by atoms with van der Waals surface area (Å²) in [6.07, 6.45) is 5.36. The van der Waals surface area contributed by atoms with Crippen molar-refractivity contribution in [3.05, 3.63) is 58.1 Å². The van der Waals surface area contributed by atoms with Crippen LogP contribution in [0.5, 0.6) is 0 Å². The Morgan fingerprint density at radius 3 is 2.79 bits per heavy atom. The predicted molar refractivity (Wildman–Crippen MR) is 99.9 cm³/mol. The van der Waals surface area contributed by atoms with Crippen molar-refractivity contribution >= 4 is 27.0 Å². The molecule has 3 aromatic rings. The lowest BCUT2D eigenvalue weighted by atomic mass is 9.92. The maximum atomic E-state index is 4.87. The van der Waals surface area contributed by atoms with Crippen LogP contribution in [0.3, 0.4) is 0 Å². The molecule has 124 valence electrons. The second-order valence-electron chi connectivity index (χ2n) is 6.59. The maximum absolute atomic E-state index is 4.87. The van der Waals surface area contributed by atoms with Gasteiger partial charge in [-0.05, 0) is 72.9 Å². The highest BCUT2D eigenvalue weighted by Crippen LogP contribution is 2.40. The molecule has 0 saturated carbocycles. The molecule has 1 fully saturated rings. The molecule has 2 unspecified atom stereocenters. The summed E-state index contributed by atoms with van der Waals surface area (Å²) < 4.78 is 1.04. The van der Waals surface area contributed by atoms with E-state index in [9.17, 15) is 0 Å². The molecule has 0 bridgehead atoms. The molecular weight excluding hydrogens is 364 g/mol. The van der Waals surface area contributed by atoms with E-state index in [1.807, 2.05) is 24.4 Å². The second kappa shape index (κ2) is 6.30. The van der Waals surface area contributed by atoms with E-state index < -0.39 is 0 Å². The largest absolute Gasteiger partial charge is 0.341 e. The van der Waals surface area contributed by atoms with Crippen molar-refractivity contribution in [2.24, 2.45) is 0 Å². The Hall–Kier alpha value is -1.72. The molecule has 0 radical (unpaired) electrons. The van der Waals surface area contributed by atoms with Crippen molar-refractivity contribution in [2.45, 2.75) is 38.3 Å². The first-order valence-electron chi connectivity index (χ1n) is 8.42. The number of likely N-dealkylation sites (tertiary alicyclic amines) is 1. The van der Waals surface area contributed by atoms with Gasteiger partial charge in [-0.1, -0.05) is 12.1 Å². The number of piperidine rings is 1. The van der Waals surface area contributed by atoms with Crippen molar-refractivity contribution in [1.82, 2.24) is 19.9 Å². The van der Waals surface area contributed by atoms with Gasteiger partial charge in [0, 0.05) is 10.7 Å². The number of pyridine rings is 1. The summed E-state index contributed by atoms with van der Waals surface area (Å²) in [5, 5.41) is 0. The normalized spacial score (nSPS) is 22.1. The number of benzene rings is 1. The minimum absolute atomic E-state index is 0.296. The second-order valence-corrected chi connectivity index (χ2v) is 7.45. The lowest BCUT2D eigenvalue weighted by molar-refractivity contribution is 0.107. The highest BCUT2D eigenvalue weighted by molar-refractivity contribution is 9.10. The Labute approximate surface area is 150 Å². The smallest absolute Gasteiger partial charge is 0.124 e. The molecule has 0 spiro atoms. The Balaban J connectivity index is 1.70. The third kappa shape index (κ3) is 2.66. The summed E-state index contributed by atoms with van der Waals surface area (Å²) >= 11 is 3.60. The molecule has 2 atom stereocenters. The number of nitrogens with zero attached hydrogens (tertiary/aromatic N) is 3. The fourth-order valence-corrected chi connectivity index (χ4v) is 4.26. The van der Waals surface area contributed by atoms with E-state index in [-0.39, 0.29) is 0 Å². The summed E-state index contributed by atoms with van der Waals surface area (Å²) in [7, 11) is 2.20. The molecule has 1 aliphatic rings. The van der Waals surface area contributed by atoms with Crippen LogP contribution in [0.25, 0.3) is 11.0 Å². The monoisotopic (exact) mass is 384 g/mol. The zero-order chi connectivity index (χ0) is 16.7. The van der Waals surface area contributed by atoms with Crippen molar-refractivity contribution < 1.29 is 0 Å². The zero-order valence-electron chi connectivity index (χ0n) is 14.0. The molecule has 3 heterocycles. The van der Waals surface area contributed by atoms with Gasteiger partial charge in [0.15, 0.2) is 0 Å². The lowest BCUT2D eigenvalue weighted by Crippen LogP contribution is -2.34. The highest BCUT2D eigenvalue weighted by atomic mass is 79.9. The van der Waals surface area contributed by atoms with E-state index in [0.717, 1.165) is 34.2 Å². The van der Waals surface area contributed by atoms with Crippen LogP contribution in [0.4, 0.5) is 0 Å². The van der Waals surface area contributed by atoms with Crippen molar-refractivity contribution in [2.75, 3.05) is 7.05 Å². The van der Waals surface area contributed by atoms with E-state index in [1.165, 1.54) is 17.7 Å². The molecule has 1 N–H and O–H groups in total. The zero-order valence-corrected chi connectivity index (χ0v) is 15.5. The number of nitrogens with one attached hydrogen (secondary N) is 1. The minimum Gasteiger partial charge on any atom is -0.341 e. The highest BCUT2D eigenvalue weighted by Gasteiger charge is 2.32. The lowest BCUT2D eigenvalue weighted by Gasteiger charge is -2.38. The molecule has 4 nitrogen and oxygen atoms in total. The van der Waals surface area contributed by atoms with Crippen LogP contribution in [0.15, 0.2) is 41.0 Å². The number of aromatic nitrogens is 3. The third-order valence-corrected chi connectivity index (χ3v) is 5.74. The molecule has 24 heavy (non-hydrogen) atoms. The van der Waals surface area contributed by atoms with Gasteiger partial charge in [0.2, 0.25) is 0 Å². The molecule has 0 aliphatic carbocycles. The summed E-state index contributed by atoms with van der Waals surface area (Å²) in [5.74, 6) is 1.05. The van der Waals surface area contributed by atoms with Gasteiger partial charge in [0.05, 0.1) is 23.3 Å². The average Bonchev–Trinajstić information content (AvgIpc) is 3.01. The van der Waals surface area contributed by atoms with Crippen LogP contribution in [0, 0.1) is 6.92 Å². The maximum Gasteiger partial charge on any atom is 0.124 e. The van der Waals surface area contributed by atoms with Gasteiger partial charge in [-0.25, -0.2) is 4.98 Å². The van der Waals surface area contributed by atoms with Crippen molar-refractivity contribution in [3.8, 4) is 0 Å². The first-order chi connectivity index (χ1) is 11.6. The van der Waals surface area contributed by atoms with Crippen LogP contribution in [0.2, 0.25) is 0 Å². The van der Waals surface area contributed by atoms with Crippen molar-refractivity contribution in [1.29, 1.82) is 0 Å². The fraction of sp³-hybridized carbons (Fsp3) is 0.368. The number of para-hydroxylation sites is 1. The van der Waals surface area contributed by atoms with Gasteiger partial charge < -0.3 is 4.98 Å². The molecule has 1 aliphatic heterocycles. The van der Waals surface area contributed by atoms with Crippen LogP contribution in [0.1, 0.15) is 48.4 Å². The fourth-order valence-electron chi connectivity index (χ4n) is 3.81. The number of imidazole rings is 1. The molecule has 1 saturated heterocycles. The number of rotatable bonds is 2. The SMILES string of the molecule is Cc1cccnc1C1CCCC(c2nc3c(Br)cccc3[nH]2)N1C. The van der Waals surface area contributed by atoms with Crippen molar-refractivity contribution in [3.63, 3.8) is 0 Å². The van der Waals surface area contributed by atoms with Crippen LogP contribution in [-0.4, -0.2) is 26.9 Å². The average molecular weight is 385 g/mol. The number of aromatic amines is 1. The molecule has 2 aromatic heterocycles. The molecule has 0 amide bonds. The van der Waals surface area contributed by atoms with E-state index in [4.69, 9.17) is 4.98 Å². The summed E-state index contributed by atoms with van der Waals surface area (Å²) in [6.45, 7) is 2.15. The van der Waals surface area contributed by atoms with Gasteiger partial charge >= 0.3 is 0 Å². The van der Waals surface area contributed by atoms with Gasteiger partial charge in [-0.3, -0.25) is 9.88 Å². The number of H-pyrrole nitrogens is 1. The van der Waals surface area contributed by atoms with Gasteiger partial charge in [0.25, 0.3) is 0 Å². The topological polar surface area (TPSA) is 44.8 Å². The first kappa shape index (κ1) is 15.8. The van der Waals surface area contributed by atoms with E-state index in [1.54, 1.807) is 0 Å². The molecule has 4 rings (SSSR count). The Bertz CT molecular complexity index is 873. The summed E-state index contributed by atoms with van der Waals surface area (Å²) in [4.78, 5) is 15.5. The summed E-state index contributed by atoms with van der Waals surface area (Å²) in [5.41, 5.74) is 4.56. The van der Waals surface area contributed by atoms with E-state index in [2.05, 4.69) is 56.9 Å². The third-order valence-electron chi connectivity index (χ3n) is 5.10. The molecular formula is C19H21BrN4. The van der Waals surface area contributed by atoms with Gasteiger partial charge in [0.1, 0.15) is 11.3 Å². The number of aryl methyl sites for hydroxylation is 1. The first-order valence-corrected chi connectivity index (χ1v) is 9.22. The molecule has 5 heteroatoms. The predicted octanol–water partition coefficient (Wildman–Crippen LogP) is 4.93. The number of fused-ring (bicyclic) bond motifs is 1. The van der Waals surface area contributed by atoms with Crippen LogP contribution < -0.4 is 0 Å². The van der Waals surface area contributed by atoms with E-state index in [0.29, 0.717) is 12.1 Å². The Morgan fingerprint density at radius 1 is 1.17 bits per heavy atom. The number of hydrogen-bond donors (Lipinski definition) is 1. The quantitative estimate of drug-likeness (QED) is 0.681. The van der Waals surface area contributed by atoms with Gasteiger partial charge in [-0.2, -0.15) is 0 Å². The van der Waals surface area contributed by atoms with Crippen LogP contribution >= 0.6 is 15.9 Å². The number of hydrogen-bond acceptors (Lipinski definition) is 3. The Morgan fingerprint density at radius 2 is 2.00 bits per heavy atom. The standard InChI is InChI=1S/C19H21BrN4/c1-12-6-5-11-21-17(12)15-9-4-10-16(24(15)2)19-22-14-8-3-7-13(20)18(14)23-19/h3,5-8,11,15-16H,4,9-10H2,1-2H3,(H,22,23). The summed E-state index contributed by atoms with van der Waals surface area (Å²) in [6, 6.07) is 11.0.